The molecule has 2 N–H and O–H groups in total. The summed E-state index contributed by atoms with van der Waals surface area (Å²) in [7, 11) is 1.32. The van der Waals surface area contributed by atoms with Crippen LogP contribution in [0.2, 0.25) is 0 Å². The molecule has 9 heteroatoms. The fraction of sp³-hybridized carbons (Fsp3) is 0.222. The Morgan fingerprint density at radius 2 is 1.93 bits per heavy atom. The van der Waals surface area contributed by atoms with Crippen LogP contribution in [0.3, 0.4) is 0 Å². The summed E-state index contributed by atoms with van der Waals surface area (Å²) < 4.78 is 18.6. The maximum absolute atomic E-state index is 13.4. The third-order valence-electron chi connectivity index (χ3n) is 3.84. The molecule has 2 aromatic rings. The normalized spacial score (nSPS) is 12.8. The monoisotopic (exact) mass is 376 g/mol. The van der Waals surface area contributed by atoms with E-state index in [0.29, 0.717) is 5.56 Å². The maximum Gasteiger partial charge on any atom is 0.326 e. The van der Waals surface area contributed by atoms with Crippen molar-refractivity contribution in [3.05, 3.63) is 75.6 Å². The predicted octanol–water partition coefficient (Wildman–Crippen LogP) is 2.23. The fourth-order valence-corrected chi connectivity index (χ4v) is 2.53. The van der Waals surface area contributed by atoms with Crippen molar-refractivity contribution < 1.29 is 28.7 Å². The van der Waals surface area contributed by atoms with E-state index in [1.807, 2.05) is 0 Å². The number of carbonyl (C=O) groups is 2. The van der Waals surface area contributed by atoms with E-state index in [1.165, 1.54) is 13.2 Å². The van der Waals surface area contributed by atoms with Crippen molar-refractivity contribution in [2.24, 2.45) is 0 Å². The molecule has 0 aliphatic heterocycles. The molecule has 0 saturated heterocycles. The molecule has 2 rings (SSSR count). The van der Waals surface area contributed by atoms with Crippen molar-refractivity contribution in [3.63, 3.8) is 0 Å². The SMILES string of the molecule is CO[C@@H](C(=O)N[C@@H](Cc1ccc(F)c([N+](=O)[O-])c1)C(=O)O)c1ccccc1. The minimum absolute atomic E-state index is 0.199. The zero-order valence-corrected chi connectivity index (χ0v) is 14.3. The molecule has 0 spiro atoms. The van der Waals surface area contributed by atoms with Crippen LogP contribution < -0.4 is 5.32 Å². The number of nitrogens with zero attached hydrogens (tertiary/aromatic N) is 1. The lowest BCUT2D eigenvalue weighted by atomic mass is 10.0. The number of rotatable bonds is 8. The van der Waals surface area contributed by atoms with Crippen molar-refractivity contribution >= 4 is 17.6 Å². The number of carboxylic acid groups (broad SMARTS) is 1. The number of carboxylic acids is 1. The molecule has 0 bridgehead atoms. The van der Waals surface area contributed by atoms with Gasteiger partial charge in [-0.1, -0.05) is 36.4 Å². The fourth-order valence-electron chi connectivity index (χ4n) is 2.53. The molecule has 0 unspecified atom stereocenters. The smallest absolute Gasteiger partial charge is 0.326 e. The van der Waals surface area contributed by atoms with Crippen LogP contribution in [0, 0.1) is 15.9 Å². The van der Waals surface area contributed by atoms with E-state index in [2.05, 4.69) is 5.32 Å². The van der Waals surface area contributed by atoms with Gasteiger partial charge >= 0.3 is 11.7 Å². The molecule has 8 nitrogen and oxygen atoms in total. The van der Waals surface area contributed by atoms with Gasteiger partial charge in [0, 0.05) is 19.6 Å². The Bertz CT molecular complexity index is 843. The molecular formula is C18H17FN2O6. The topological polar surface area (TPSA) is 119 Å². The van der Waals surface area contributed by atoms with Gasteiger partial charge in [0.25, 0.3) is 5.91 Å². The number of aliphatic carboxylic acids is 1. The van der Waals surface area contributed by atoms with Gasteiger partial charge in [0.1, 0.15) is 6.04 Å². The number of carbonyl (C=O) groups excluding carboxylic acids is 1. The van der Waals surface area contributed by atoms with Crippen molar-refractivity contribution in [1.82, 2.24) is 5.32 Å². The van der Waals surface area contributed by atoms with E-state index >= 15 is 0 Å². The second-order valence-electron chi connectivity index (χ2n) is 5.67. The van der Waals surface area contributed by atoms with Crippen molar-refractivity contribution in [3.8, 4) is 0 Å². The first-order valence-corrected chi connectivity index (χ1v) is 7.87. The molecule has 0 aromatic heterocycles. The van der Waals surface area contributed by atoms with Crippen LogP contribution in [0.25, 0.3) is 0 Å². The Balaban J connectivity index is 2.18. The molecule has 0 saturated carbocycles. The summed E-state index contributed by atoms with van der Waals surface area (Å²) in [6, 6.07) is 10.2. The van der Waals surface area contributed by atoms with Crippen LogP contribution in [0.15, 0.2) is 48.5 Å². The summed E-state index contributed by atoms with van der Waals surface area (Å²) in [5, 5.41) is 22.5. The number of halogens is 1. The number of hydrogen-bond acceptors (Lipinski definition) is 5. The maximum atomic E-state index is 13.4. The highest BCUT2D eigenvalue weighted by Crippen LogP contribution is 2.20. The number of nitro groups is 1. The van der Waals surface area contributed by atoms with Gasteiger partial charge in [0.05, 0.1) is 4.92 Å². The second kappa shape index (κ2) is 8.86. The van der Waals surface area contributed by atoms with Crippen LogP contribution in [0.5, 0.6) is 0 Å². The van der Waals surface area contributed by atoms with E-state index in [4.69, 9.17) is 4.74 Å². The summed E-state index contributed by atoms with van der Waals surface area (Å²) in [6.45, 7) is 0. The first-order valence-electron chi connectivity index (χ1n) is 7.87. The number of ether oxygens (including phenoxy) is 1. The Kier molecular flexibility index (Phi) is 6.56. The van der Waals surface area contributed by atoms with E-state index in [9.17, 15) is 29.2 Å². The molecule has 0 heterocycles. The Morgan fingerprint density at radius 3 is 2.48 bits per heavy atom. The Labute approximate surface area is 153 Å². The number of methoxy groups -OCH3 is 1. The van der Waals surface area contributed by atoms with E-state index in [0.717, 1.165) is 12.1 Å². The van der Waals surface area contributed by atoms with Crippen molar-refractivity contribution in [2.75, 3.05) is 7.11 Å². The molecule has 0 fully saturated rings. The van der Waals surface area contributed by atoms with Gasteiger partial charge in [-0.25, -0.2) is 4.79 Å². The lowest BCUT2D eigenvalue weighted by Crippen LogP contribution is -2.44. The molecule has 0 radical (unpaired) electrons. The highest BCUT2D eigenvalue weighted by Gasteiger charge is 2.27. The summed E-state index contributed by atoms with van der Waals surface area (Å²) in [6.07, 6.45) is -1.27. The molecule has 0 aliphatic carbocycles. The third kappa shape index (κ3) is 5.08. The highest BCUT2D eigenvalue weighted by atomic mass is 19.1. The molecule has 1 amide bonds. The van der Waals surface area contributed by atoms with Gasteiger partial charge < -0.3 is 15.2 Å². The van der Waals surface area contributed by atoms with Crippen LogP contribution >= 0.6 is 0 Å². The van der Waals surface area contributed by atoms with Gasteiger partial charge in [0.15, 0.2) is 6.10 Å². The van der Waals surface area contributed by atoms with E-state index in [1.54, 1.807) is 30.3 Å². The summed E-state index contributed by atoms with van der Waals surface area (Å²) >= 11 is 0. The van der Waals surface area contributed by atoms with Crippen LogP contribution in [-0.4, -0.2) is 35.1 Å². The standard InChI is InChI=1S/C18H17FN2O6/c1-27-16(12-5-3-2-4-6-12)17(22)20-14(18(23)24)9-11-7-8-13(19)15(10-11)21(25)26/h2-8,10,14,16H,9H2,1H3,(H,20,22)(H,23,24)/t14-,16+/m0/s1. The molecule has 2 aromatic carbocycles. The quantitative estimate of drug-likeness (QED) is 0.539. The first-order chi connectivity index (χ1) is 12.8. The zero-order valence-electron chi connectivity index (χ0n) is 14.3. The Morgan fingerprint density at radius 1 is 1.26 bits per heavy atom. The average Bonchev–Trinajstić information content (AvgIpc) is 2.63. The lowest BCUT2D eigenvalue weighted by Gasteiger charge is -2.20. The first kappa shape index (κ1) is 20.0. The number of benzene rings is 2. The van der Waals surface area contributed by atoms with Gasteiger partial charge in [0.2, 0.25) is 5.82 Å². The summed E-state index contributed by atoms with van der Waals surface area (Å²) in [5.41, 5.74) is -0.0226. The van der Waals surface area contributed by atoms with Crippen LogP contribution in [-0.2, 0) is 20.7 Å². The second-order valence-corrected chi connectivity index (χ2v) is 5.67. The third-order valence-corrected chi connectivity index (χ3v) is 3.84. The molecular weight excluding hydrogens is 359 g/mol. The Hall–Kier alpha value is -3.33. The summed E-state index contributed by atoms with van der Waals surface area (Å²) in [5.74, 6) is -3.03. The minimum Gasteiger partial charge on any atom is -0.480 e. The predicted molar refractivity (Wildman–Crippen MR) is 92.5 cm³/mol. The largest absolute Gasteiger partial charge is 0.480 e. The van der Waals surface area contributed by atoms with Gasteiger partial charge in [-0.15, -0.1) is 0 Å². The number of hydrogen-bond donors (Lipinski definition) is 2. The molecule has 0 aliphatic rings. The summed E-state index contributed by atoms with van der Waals surface area (Å²) in [4.78, 5) is 33.9. The highest BCUT2D eigenvalue weighted by molar-refractivity contribution is 5.87. The molecule has 27 heavy (non-hydrogen) atoms. The number of amides is 1. The van der Waals surface area contributed by atoms with Gasteiger partial charge in [-0.2, -0.15) is 4.39 Å². The van der Waals surface area contributed by atoms with Crippen LogP contribution in [0.1, 0.15) is 17.2 Å². The van der Waals surface area contributed by atoms with E-state index in [-0.39, 0.29) is 12.0 Å². The van der Waals surface area contributed by atoms with Crippen molar-refractivity contribution in [2.45, 2.75) is 18.6 Å². The van der Waals surface area contributed by atoms with Gasteiger partial charge in [-0.3, -0.25) is 14.9 Å². The average molecular weight is 376 g/mol. The molecule has 142 valence electrons. The van der Waals surface area contributed by atoms with E-state index < -0.39 is 40.5 Å². The number of nitro benzene ring substituents is 1. The molecule has 2 atom stereocenters. The van der Waals surface area contributed by atoms with Crippen LogP contribution in [0.4, 0.5) is 10.1 Å². The van der Waals surface area contributed by atoms with Gasteiger partial charge in [-0.05, 0) is 17.2 Å². The van der Waals surface area contributed by atoms with Crippen molar-refractivity contribution in [1.29, 1.82) is 0 Å². The lowest BCUT2D eigenvalue weighted by molar-refractivity contribution is -0.387. The number of nitrogens with one attached hydrogen (secondary N) is 1. The minimum atomic E-state index is -1.37. The zero-order chi connectivity index (χ0) is 20.0.